The predicted molar refractivity (Wildman–Crippen MR) is 122 cm³/mol. The van der Waals surface area contributed by atoms with Gasteiger partial charge in [0.05, 0.1) is 24.6 Å². The number of thioether (sulfide) groups is 1. The second kappa shape index (κ2) is 9.92. The van der Waals surface area contributed by atoms with Crippen LogP contribution in [0.4, 0.5) is 5.13 Å². The summed E-state index contributed by atoms with van der Waals surface area (Å²) in [6.07, 6.45) is 1.64. The Labute approximate surface area is 186 Å². The number of aryl methyl sites for hydroxylation is 1. The van der Waals surface area contributed by atoms with E-state index in [-0.39, 0.29) is 17.7 Å². The van der Waals surface area contributed by atoms with Crippen molar-refractivity contribution >= 4 is 45.5 Å². The summed E-state index contributed by atoms with van der Waals surface area (Å²) in [5.41, 5.74) is 2.26. The molecule has 0 aliphatic heterocycles. The number of nitrogens with one attached hydrogen (secondary N) is 2. The maximum atomic E-state index is 12.7. The third kappa shape index (κ3) is 5.50. The zero-order valence-electron chi connectivity index (χ0n) is 16.2. The minimum atomic E-state index is -0.154. The van der Waals surface area contributed by atoms with Gasteiger partial charge in [-0.05, 0) is 36.1 Å². The van der Waals surface area contributed by atoms with Gasteiger partial charge in [0.15, 0.2) is 4.34 Å². The van der Waals surface area contributed by atoms with E-state index in [0.29, 0.717) is 11.7 Å². The fourth-order valence-corrected chi connectivity index (χ4v) is 5.14. The maximum absolute atomic E-state index is 12.7. The molecule has 30 heavy (non-hydrogen) atoms. The number of aromatic nitrogens is 2. The number of hydrogen-bond donors (Lipinski definition) is 2. The van der Waals surface area contributed by atoms with Crippen molar-refractivity contribution in [2.75, 3.05) is 11.1 Å². The summed E-state index contributed by atoms with van der Waals surface area (Å²) in [5.74, 6) is 1.06. The zero-order valence-corrected chi connectivity index (χ0v) is 18.7. The van der Waals surface area contributed by atoms with Crippen molar-refractivity contribution in [1.29, 1.82) is 0 Å². The molecule has 9 heteroatoms. The molecular weight excluding hydrogens is 436 g/mol. The van der Waals surface area contributed by atoms with Crippen molar-refractivity contribution in [3.05, 3.63) is 81.9 Å². The predicted octanol–water partition coefficient (Wildman–Crippen LogP) is 5.11. The molecule has 4 aromatic rings. The topological polar surface area (TPSA) is 80.0 Å². The number of carbonyl (C=O) groups excluding carboxylic acids is 1. The molecule has 0 aliphatic rings. The molecule has 3 aromatic heterocycles. The van der Waals surface area contributed by atoms with Crippen LogP contribution in [0.1, 0.15) is 27.8 Å². The van der Waals surface area contributed by atoms with E-state index < -0.39 is 0 Å². The summed E-state index contributed by atoms with van der Waals surface area (Å²) in [4.78, 5) is 13.8. The van der Waals surface area contributed by atoms with Crippen LogP contribution in [0, 0.1) is 6.92 Å². The lowest BCUT2D eigenvalue weighted by Gasteiger charge is -2.18. The first-order valence-electron chi connectivity index (χ1n) is 9.29. The highest BCUT2D eigenvalue weighted by Gasteiger charge is 2.18. The molecule has 0 aliphatic carbocycles. The smallest absolute Gasteiger partial charge is 0.231 e. The number of carbonyl (C=O) groups is 1. The zero-order chi connectivity index (χ0) is 20.8. The summed E-state index contributed by atoms with van der Waals surface area (Å²) in [6.45, 7) is 2.60. The van der Waals surface area contributed by atoms with E-state index in [9.17, 15) is 4.79 Å². The van der Waals surface area contributed by atoms with Crippen LogP contribution in [0.5, 0.6) is 0 Å². The van der Waals surface area contributed by atoms with Crippen LogP contribution in [-0.2, 0) is 11.3 Å². The van der Waals surface area contributed by atoms with Gasteiger partial charge in [0.2, 0.25) is 11.0 Å². The fourth-order valence-electron chi connectivity index (χ4n) is 2.78. The average Bonchev–Trinajstić information content (AvgIpc) is 3.53. The van der Waals surface area contributed by atoms with Gasteiger partial charge in [0, 0.05) is 4.88 Å². The minimum Gasteiger partial charge on any atom is -0.467 e. The molecule has 0 bridgehead atoms. The third-order valence-corrected chi connectivity index (χ3v) is 7.22. The van der Waals surface area contributed by atoms with Gasteiger partial charge in [-0.3, -0.25) is 4.79 Å². The van der Waals surface area contributed by atoms with E-state index in [1.807, 2.05) is 29.6 Å². The molecule has 154 valence electrons. The highest BCUT2D eigenvalue weighted by Crippen LogP contribution is 2.28. The van der Waals surface area contributed by atoms with E-state index in [1.165, 1.54) is 28.7 Å². The summed E-state index contributed by atoms with van der Waals surface area (Å²) in [7, 11) is 0. The Morgan fingerprint density at radius 1 is 1.17 bits per heavy atom. The Balaban J connectivity index is 1.33. The van der Waals surface area contributed by atoms with E-state index >= 15 is 0 Å². The van der Waals surface area contributed by atoms with E-state index in [4.69, 9.17) is 4.42 Å². The van der Waals surface area contributed by atoms with Gasteiger partial charge in [0.25, 0.3) is 0 Å². The lowest BCUT2D eigenvalue weighted by atomic mass is 10.0. The number of amides is 1. The molecule has 1 aromatic carbocycles. The van der Waals surface area contributed by atoms with Gasteiger partial charge in [-0.1, -0.05) is 59.0 Å². The molecule has 2 N–H and O–H groups in total. The Kier molecular flexibility index (Phi) is 6.83. The molecule has 0 radical (unpaired) electrons. The second-order valence-electron chi connectivity index (χ2n) is 6.52. The van der Waals surface area contributed by atoms with E-state index in [1.54, 1.807) is 17.6 Å². The SMILES string of the molecule is Cc1ccc(C(NC(=O)CSc2nnc(NCc3ccco3)s2)c2cccs2)cc1. The first-order chi connectivity index (χ1) is 14.7. The van der Waals surface area contributed by atoms with Crippen LogP contribution >= 0.6 is 34.4 Å². The Morgan fingerprint density at radius 2 is 2.03 bits per heavy atom. The number of rotatable bonds is 9. The van der Waals surface area contributed by atoms with Gasteiger partial charge in [-0.15, -0.1) is 21.5 Å². The van der Waals surface area contributed by atoms with Crippen LogP contribution in [-0.4, -0.2) is 21.9 Å². The lowest BCUT2D eigenvalue weighted by molar-refractivity contribution is -0.119. The number of nitrogens with zero attached hydrogens (tertiary/aromatic N) is 2. The number of anilines is 1. The lowest BCUT2D eigenvalue weighted by Crippen LogP contribution is -2.30. The first-order valence-corrected chi connectivity index (χ1v) is 12.0. The third-order valence-electron chi connectivity index (χ3n) is 4.27. The molecule has 6 nitrogen and oxygen atoms in total. The van der Waals surface area contributed by atoms with Crippen LogP contribution in [0.2, 0.25) is 0 Å². The summed E-state index contributed by atoms with van der Waals surface area (Å²) >= 11 is 4.44. The quantitative estimate of drug-likeness (QED) is 0.341. The number of furan rings is 1. The van der Waals surface area contributed by atoms with Crippen LogP contribution < -0.4 is 10.6 Å². The molecule has 4 rings (SSSR count). The van der Waals surface area contributed by atoms with Gasteiger partial charge < -0.3 is 15.1 Å². The number of hydrogen-bond acceptors (Lipinski definition) is 8. The first kappa shape index (κ1) is 20.6. The van der Waals surface area contributed by atoms with Crippen molar-refractivity contribution < 1.29 is 9.21 Å². The number of benzene rings is 1. The molecule has 1 amide bonds. The van der Waals surface area contributed by atoms with Gasteiger partial charge in [-0.25, -0.2) is 0 Å². The molecule has 3 heterocycles. The second-order valence-corrected chi connectivity index (χ2v) is 9.70. The minimum absolute atomic E-state index is 0.0423. The molecule has 1 unspecified atom stereocenters. The van der Waals surface area contributed by atoms with Crippen molar-refractivity contribution in [1.82, 2.24) is 15.5 Å². The highest BCUT2D eigenvalue weighted by molar-refractivity contribution is 8.01. The van der Waals surface area contributed by atoms with Crippen molar-refractivity contribution in [2.24, 2.45) is 0 Å². The molecular formula is C21H20N4O2S3. The van der Waals surface area contributed by atoms with Crippen molar-refractivity contribution in [3.8, 4) is 0 Å². The van der Waals surface area contributed by atoms with Gasteiger partial charge >= 0.3 is 0 Å². The van der Waals surface area contributed by atoms with Crippen molar-refractivity contribution in [3.63, 3.8) is 0 Å². The van der Waals surface area contributed by atoms with E-state index in [2.05, 4.69) is 52.0 Å². The van der Waals surface area contributed by atoms with Crippen LogP contribution in [0.15, 0.2) is 68.9 Å². The molecule has 0 saturated heterocycles. The largest absolute Gasteiger partial charge is 0.467 e. The summed E-state index contributed by atoms with van der Waals surface area (Å²) in [6, 6.07) is 15.9. The van der Waals surface area contributed by atoms with Crippen LogP contribution in [0.3, 0.4) is 0 Å². The highest BCUT2D eigenvalue weighted by atomic mass is 32.2. The van der Waals surface area contributed by atoms with E-state index in [0.717, 1.165) is 20.5 Å². The Morgan fingerprint density at radius 3 is 2.77 bits per heavy atom. The Bertz CT molecular complexity index is 1060. The van der Waals surface area contributed by atoms with Crippen molar-refractivity contribution in [2.45, 2.75) is 23.8 Å². The molecule has 1 atom stereocenters. The summed E-state index contributed by atoms with van der Waals surface area (Å²) < 4.78 is 6.03. The van der Waals surface area contributed by atoms with Gasteiger partial charge in [-0.2, -0.15) is 0 Å². The fraction of sp³-hybridized carbons (Fsp3) is 0.190. The van der Waals surface area contributed by atoms with Gasteiger partial charge in [0.1, 0.15) is 5.76 Å². The number of thiophene rings is 1. The monoisotopic (exact) mass is 456 g/mol. The summed E-state index contributed by atoms with van der Waals surface area (Å²) in [5, 5.41) is 17.3. The maximum Gasteiger partial charge on any atom is 0.231 e. The average molecular weight is 457 g/mol. The molecule has 0 spiro atoms. The molecule has 0 fully saturated rings. The molecule has 0 saturated carbocycles. The van der Waals surface area contributed by atoms with Crippen LogP contribution in [0.25, 0.3) is 0 Å². The standard InChI is InChI=1S/C21H20N4O2S3/c1-14-6-8-15(9-7-14)19(17-5-3-11-28-17)23-18(26)13-29-21-25-24-20(30-21)22-12-16-4-2-10-27-16/h2-11,19H,12-13H2,1H3,(H,22,24)(H,23,26). The Hall–Kier alpha value is -2.62. The normalized spacial score (nSPS) is 11.9.